The molecule has 8 fully saturated rings. The number of carbonyl (C=O) groups excluding carboxylic acids is 4. The molecule has 0 saturated heterocycles. The second-order valence-corrected chi connectivity index (χ2v) is 20.7. The molecule has 8 nitrogen and oxygen atoms in total. The molecule has 4 N–H and O–H groups in total. The van der Waals surface area contributed by atoms with Gasteiger partial charge in [0.05, 0.1) is 12.2 Å². The first-order valence-corrected chi connectivity index (χ1v) is 20.8. The van der Waals surface area contributed by atoms with E-state index in [-0.39, 0.29) is 71.6 Å². The largest absolute Gasteiger partial charge is 0.393 e. The van der Waals surface area contributed by atoms with Crippen molar-refractivity contribution in [2.75, 3.05) is 13.2 Å². The summed E-state index contributed by atoms with van der Waals surface area (Å²) < 4.78 is 19.2. The molecule has 9 heteroatoms. The van der Waals surface area contributed by atoms with Gasteiger partial charge >= 0.3 is 0 Å². The van der Waals surface area contributed by atoms with Crippen LogP contribution in [0.2, 0.25) is 0 Å². The molecule has 0 aromatic carbocycles. The van der Waals surface area contributed by atoms with E-state index in [1.54, 1.807) is 0 Å². The Bertz CT molecular complexity index is 1550. The van der Waals surface area contributed by atoms with Crippen molar-refractivity contribution in [3.63, 3.8) is 0 Å². The van der Waals surface area contributed by atoms with Gasteiger partial charge in [0.15, 0.2) is 23.0 Å². The van der Waals surface area contributed by atoms with Crippen LogP contribution in [0.3, 0.4) is 0 Å². The highest BCUT2D eigenvalue weighted by Crippen LogP contribution is 2.79. The first-order chi connectivity index (χ1) is 24.4. The Labute approximate surface area is 308 Å². The first-order valence-electron chi connectivity index (χ1n) is 20.8. The smallest absolute Gasteiger partial charge is 0.177 e. The van der Waals surface area contributed by atoms with E-state index in [2.05, 4.69) is 20.8 Å². The van der Waals surface area contributed by atoms with Crippen LogP contribution in [0, 0.1) is 86.3 Å². The number of hydrogen-bond acceptors (Lipinski definition) is 8. The Morgan fingerprint density at radius 3 is 1.98 bits per heavy atom. The zero-order valence-corrected chi connectivity index (χ0v) is 32.0. The summed E-state index contributed by atoms with van der Waals surface area (Å²) in [5.41, 5.74) is -5.91. The van der Waals surface area contributed by atoms with Gasteiger partial charge in [0.25, 0.3) is 0 Å². The number of halogens is 1. The number of ketones is 4. The van der Waals surface area contributed by atoms with Crippen LogP contribution < -0.4 is 0 Å². The lowest BCUT2D eigenvalue weighted by Gasteiger charge is -2.75. The van der Waals surface area contributed by atoms with Gasteiger partial charge in [-0.15, -0.1) is 0 Å². The van der Waals surface area contributed by atoms with E-state index in [0.717, 1.165) is 6.42 Å². The topological polar surface area (TPSA) is 149 Å². The summed E-state index contributed by atoms with van der Waals surface area (Å²) in [4.78, 5) is 55.8. The minimum Gasteiger partial charge on any atom is -0.393 e. The third-order valence-corrected chi connectivity index (χ3v) is 19.4. The predicted octanol–water partition coefficient (Wildman–Crippen LogP) is 5.44. The van der Waals surface area contributed by atoms with Crippen LogP contribution in [-0.2, 0) is 19.2 Å². The fourth-order valence-electron chi connectivity index (χ4n) is 17.5. The van der Waals surface area contributed by atoms with Crippen molar-refractivity contribution in [3.05, 3.63) is 0 Å². The maximum atomic E-state index is 19.2. The molecule has 18 atom stereocenters. The fourth-order valence-corrected chi connectivity index (χ4v) is 17.5. The molecule has 0 spiro atoms. The van der Waals surface area contributed by atoms with E-state index in [0.29, 0.717) is 70.6 Å². The van der Waals surface area contributed by atoms with Crippen molar-refractivity contribution in [3.8, 4) is 0 Å². The zero-order valence-electron chi connectivity index (χ0n) is 32.0. The highest BCUT2D eigenvalue weighted by Gasteiger charge is 2.80. The lowest BCUT2D eigenvalue weighted by molar-refractivity contribution is -0.287. The number of carbonyl (C=O) groups is 4. The van der Waals surface area contributed by atoms with E-state index in [4.69, 9.17) is 0 Å². The molecule has 8 rings (SSSR count). The van der Waals surface area contributed by atoms with Gasteiger partial charge in [-0.2, -0.15) is 0 Å². The SMILES string of the molecule is CC1C[C@H]2[C@@H]3CC[C@H](C(=O)CO)[C@@]3(C)CC(=O)[C@@H]2[C@@]2(C)CCC(O)CC12C1CC(O)CC2CC[C@H]3[C@@H]4CC[C@H](C(=O)CO)[C@@]4(C)CC(=O)[C@]3(F)[C@]21C. The van der Waals surface area contributed by atoms with Crippen LogP contribution in [0.25, 0.3) is 0 Å². The molecule has 0 amide bonds. The van der Waals surface area contributed by atoms with Crippen molar-refractivity contribution in [2.24, 2.45) is 86.3 Å². The van der Waals surface area contributed by atoms with Crippen LogP contribution in [0.15, 0.2) is 0 Å². The molecule has 52 heavy (non-hydrogen) atoms. The standard InChI is InChI=1S/C43H63FO8/c1-22-14-26-27-8-10-30(33(50)20-45)38(27,2)18-32(49)37(26)40(4)13-12-24(47)17-42(22,40)35-16-25(48)15-23-6-7-29-28-9-11-31(34(51)21-46)39(28,3)19-36(52)43(29,44)41(23,35)5/h22-31,35,37,45-48H,6-21H2,1-5H3/t22?,23?,24?,25?,26-,27-,28-,29-,30+,31+,35?,37+,38-,39-,40+,41+,42?,43-/m0/s1. The van der Waals surface area contributed by atoms with Crippen LogP contribution in [0.4, 0.5) is 4.39 Å². The second-order valence-electron chi connectivity index (χ2n) is 20.7. The lowest BCUT2D eigenvalue weighted by atomic mass is 9.29. The van der Waals surface area contributed by atoms with Crippen LogP contribution in [0.5, 0.6) is 0 Å². The fraction of sp³-hybridized carbons (Fsp3) is 0.907. The van der Waals surface area contributed by atoms with Gasteiger partial charge in [0.1, 0.15) is 19.0 Å². The zero-order chi connectivity index (χ0) is 37.6. The summed E-state index contributed by atoms with van der Waals surface area (Å²) in [7, 11) is 0. The Kier molecular flexibility index (Phi) is 8.61. The molecule has 290 valence electrons. The number of hydrogen-bond donors (Lipinski definition) is 4. The molecule has 8 saturated carbocycles. The molecule has 0 aliphatic heterocycles. The minimum absolute atomic E-state index is 0.0261. The maximum absolute atomic E-state index is 19.2. The van der Waals surface area contributed by atoms with E-state index in [9.17, 15) is 39.6 Å². The van der Waals surface area contributed by atoms with Gasteiger partial charge in [-0.3, -0.25) is 19.2 Å². The van der Waals surface area contributed by atoms with Crippen molar-refractivity contribution in [1.29, 1.82) is 0 Å². The summed E-state index contributed by atoms with van der Waals surface area (Å²) in [5, 5.41) is 43.1. The minimum atomic E-state index is -2.19. The number of Topliss-reactive ketones (excluding diaryl/α,β-unsaturated/α-hetero) is 4. The third kappa shape index (κ3) is 4.34. The number of fused-ring (bicyclic) bond motifs is 10. The van der Waals surface area contributed by atoms with Gasteiger partial charge < -0.3 is 20.4 Å². The van der Waals surface area contributed by atoms with Crippen molar-refractivity contribution < 1.29 is 44.0 Å². The van der Waals surface area contributed by atoms with E-state index in [1.165, 1.54) is 0 Å². The lowest BCUT2D eigenvalue weighted by Crippen LogP contribution is -2.75. The van der Waals surface area contributed by atoms with Crippen LogP contribution >= 0.6 is 0 Å². The number of rotatable bonds is 5. The Morgan fingerprint density at radius 2 is 1.35 bits per heavy atom. The predicted molar refractivity (Wildman–Crippen MR) is 190 cm³/mol. The number of aliphatic hydroxyl groups is 4. The highest BCUT2D eigenvalue weighted by atomic mass is 19.1. The maximum Gasteiger partial charge on any atom is 0.177 e. The Balaban J connectivity index is 1.26. The van der Waals surface area contributed by atoms with Crippen LogP contribution in [-0.4, -0.2) is 74.6 Å². The highest BCUT2D eigenvalue weighted by molar-refractivity contribution is 5.93. The molecule has 8 aliphatic rings. The average molecular weight is 727 g/mol. The number of aliphatic hydroxyl groups excluding tert-OH is 4. The summed E-state index contributed by atoms with van der Waals surface area (Å²) in [6.07, 6.45) is 5.74. The Hall–Kier alpha value is -1.55. The summed E-state index contributed by atoms with van der Waals surface area (Å²) in [6, 6.07) is 0. The molecule has 8 aliphatic carbocycles. The first kappa shape index (κ1) is 37.4. The van der Waals surface area contributed by atoms with Gasteiger partial charge in [-0.25, -0.2) is 4.39 Å². The second kappa shape index (κ2) is 12.0. The molecule has 0 aromatic rings. The molecule has 6 unspecified atom stereocenters. The molecular weight excluding hydrogens is 663 g/mol. The molecule has 0 radical (unpaired) electrons. The van der Waals surface area contributed by atoms with E-state index in [1.807, 2.05) is 13.8 Å². The van der Waals surface area contributed by atoms with Crippen molar-refractivity contribution in [2.45, 2.75) is 142 Å². The molecule has 0 aromatic heterocycles. The van der Waals surface area contributed by atoms with Gasteiger partial charge in [0, 0.05) is 41.9 Å². The average Bonchev–Trinajstić information content (AvgIpc) is 3.61. The summed E-state index contributed by atoms with van der Waals surface area (Å²) in [5.74, 6) is -3.24. The molecule has 0 heterocycles. The quantitative estimate of drug-likeness (QED) is 0.293. The van der Waals surface area contributed by atoms with Crippen LogP contribution in [0.1, 0.15) is 125 Å². The Morgan fingerprint density at radius 1 is 0.750 bits per heavy atom. The molecular formula is C43H63FO8. The molecule has 0 bridgehead atoms. The van der Waals surface area contributed by atoms with Gasteiger partial charge in [0.2, 0.25) is 0 Å². The van der Waals surface area contributed by atoms with Gasteiger partial charge in [-0.05, 0) is 134 Å². The van der Waals surface area contributed by atoms with Crippen molar-refractivity contribution in [1.82, 2.24) is 0 Å². The third-order valence-electron chi connectivity index (χ3n) is 19.4. The normalized spacial score (nSPS) is 56.8. The number of alkyl halides is 1. The summed E-state index contributed by atoms with van der Waals surface area (Å²) in [6.45, 7) is 9.41. The summed E-state index contributed by atoms with van der Waals surface area (Å²) >= 11 is 0. The van der Waals surface area contributed by atoms with Crippen molar-refractivity contribution >= 4 is 23.1 Å². The van der Waals surface area contributed by atoms with E-state index >= 15 is 4.39 Å². The monoisotopic (exact) mass is 726 g/mol. The van der Waals surface area contributed by atoms with E-state index < -0.39 is 81.7 Å². The van der Waals surface area contributed by atoms with Gasteiger partial charge in [-0.1, -0.05) is 34.6 Å².